The Bertz CT molecular complexity index is 374. The normalized spacial score (nSPS) is 50.2. The fourth-order valence-corrected chi connectivity index (χ4v) is 6.83. The molecule has 0 aromatic heterocycles. The Morgan fingerprint density at radius 3 is 2.26 bits per heavy atom. The van der Waals surface area contributed by atoms with Crippen LogP contribution < -0.4 is 0 Å². The van der Waals surface area contributed by atoms with Gasteiger partial charge in [0.2, 0.25) is 0 Å². The van der Waals surface area contributed by atoms with Crippen LogP contribution in [0, 0.1) is 28.6 Å². The van der Waals surface area contributed by atoms with Crippen LogP contribution in [0.3, 0.4) is 0 Å². The van der Waals surface area contributed by atoms with Crippen LogP contribution in [0.15, 0.2) is 0 Å². The lowest BCUT2D eigenvalue weighted by Gasteiger charge is -2.65. The van der Waals surface area contributed by atoms with Crippen molar-refractivity contribution in [2.24, 2.45) is 28.6 Å². The van der Waals surface area contributed by atoms with Gasteiger partial charge in [-0.1, -0.05) is 13.8 Å². The molecule has 0 aromatic rings. The molecule has 6 aliphatic rings. The standard InChI is InChI=1S/C16H27IN2/c1-11(16-5-12(6-16)7-19(17)10-16)18-8-13-4-14(9-18)15(13,2)3/h11-14H,4-10H2,1-3H3. The lowest BCUT2D eigenvalue weighted by Crippen LogP contribution is -2.67. The van der Waals surface area contributed by atoms with Gasteiger partial charge in [0.25, 0.3) is 0 Å². The summed E-state index contributed by atoms with van der Waals surface area (Å²) in [7, 11) is 0. The number of halogens is 1. The number of rotatable bonds is 2. The minimum absolute atomic E-state index is 0.637. The first-order chi connectivity index (χ1) is 8.91. The number of hydrogen-bond donors (Lipinski definition) is 0. The van der Waals surface area contributed by atoms with Crippen molar-refractivity contribution in [3.05, 3.63) is 0 Å². The fraction of sp³-hybridized carbons (Fsp3) is 1.00. The van der Waals surface area contributed by atoms with E-state index < -0.39 is 0 Å². The van der Waals surface area contributed by atoms with Gasteiger partial charge >= 0.3 is 0 Å². The highest BCUT2D eigenvalue weighted by molar-refractivity contribution is 14.1. The van der Waals surface area contributed by atoms with E-state index in [0.717, 1.165) is 23.8 Å². The van der Waals surface area contributed by atoms with Crippen LogP contribution in [-0.4, -0.2) is 40.2 Å². The van der Waals surface area contributed by atoms with Crippen LogP contribution in [-0.2, 0) is 0 Å². The predicted molar refractivity (Wildman–Crippen MR) is 87.2 cm³/mol. The van der Waals surface area contributed by atoms with Crippen LogP contribution in [0.25, 0.3) is 0 Å². The first kappa shape index (κ1) is 13.3. The molecule has 3 atom stereocenters. The minimum atomic E-state index is 0.637. The highest BCUT2D eigenvalue weighted by Crippen LogP contribution is 2.59. The molecular weight excluding hydrogens is 347 g/mol. The number of fused-ring (bicyclic) bond motifs is 4. The molecule has 4 saturated heterocycles. The monoisotopic (exact) mass is 374 g/mol. The summed E-state index contributed by atoms with van der Waals surface area (Å²) in [6, 6.07) is 0.808. The molecule has 2 aliphatic carbocycles. The molecule has 0 radical (unpaired) electrons. The van der Waals surface area contributed by atoms with Crippen molar-refractivity contribution < 1.29 is 0 Å². The first-order valence-electron chi connectivity index (χ1n) is 8.05. The van der Waals surface area contributed by atoms with Gasteiger partial charge in [0.05, 0.1) is 0 Å². The average molecular weight is 374 g/mol. The molecule has 0 amide bonds. The Hall–Kier alpha value is 0.650. The molecular formula is C16H27IN2. The topological polar surface area (TPSA) is 6.48 Å². The van der Waals surface area contributed by atoms with Gasteiger partial charge < -0.3 is 0 Å². The number of hydrogen-bond acceptors (Lipinski definition) is 2. The van der Waals surface area contributed by atoms with Crippen molar-refractivity contribution in [1.82, 2.24) is 8.01 Å². The molecule has 0 aromatic carbocycles. The summed E-state index contributed by atoms with van der Waals surface area (Å²) in [5.74, 6) is 2.95. The van der Waals surface area contributed by atoms with Gasteiger partial charge in [-0.25, -0.2) is 3.11 Å². The van der Waals surface area contributed by atoms with E-state index >= 15 is 0 Å². The van der Waals surface area contributed by atoms with Crippen LogP contribution in [0.2, 0.25) is 0 Å². The maximum atomic E-state index is 2.86. The molecule has 2 saturated carbocycles. The van der Waals surface area contributed by atoms with E-state index in [-0.39, 0.29) is 0 Å². The Balaban J connectivity index is 1.46. The smallest absolute Gasteiger partial charge is 0.0201 e. The highest BCUT2D eigenvalue weighted by Gasteiger charge is 2.58. The van der Waals surface area contributed by atoms with Gasteiger partial charge in [0, 0.05) is 55.1 Å². The van der Waals surface area contributed by atoms with E-state index in [1.807, 2.05) is 0 Å². The van der Waals surface area contributed by atoms with Crippen molar-refractivity contribution in [2.45, 2.75) is 46.1 Å². The van der Waals surface area contributed by atoms with Crippen molar-refractivity contribution in [3.8, 4) is 0 Å². The second-order valence-electron chi connectivity index (χ2n) is 8.52. The van der Waals surface area contributed by atoms with Crippen molar-refractivity contribution >= 4 is 22.9 Å². The van der Waals surface area contributed by atoms with Gasteiger partial charge in [0.1, 0.15) is 0 Å². The molecule has 6 fully saturated rings. The Morgan fingerprint density at radius 1 is 1.11 bits per heavy atom. The van der Waals surface area contributed by atoms with Gasteiger partial charge in [0.15, 0.2) is 0 Å². The van der Waals surface area contributed by atoms with Crippen LogP contribution in [0.5, 0.6) is 0 Å². The summed E-state index contributed by atoms with van der Waals surface area (Å²) in [4.78, 5) is 2.86. The number of nitrogens with zero attached hydrogens (tertiary/aromatic N) is 2. The molecule has 0 N–H and O–H groups in total. The Kier molecular flexibility index (Phi) is 2.87. The second kappa shape index (κ2) is 4.10. The fourth-order valence-electron chi connectivity index (χ4n) is 5.60. The molecule has 4 aliphatic heterocycles. The van der Waals surface area contributed by atoms with Gasteiger partial charge in [-0.2, -0.15) is 0 Å². The van der Waals surface area contributed by atoms with Gasteiger partial charge in [-0.15, -0.1) is 0 Å². The number of piperidine rings is 4. The van der Waals surface area contributed by atoms with Crippen LogP contribution in [0.4, 0.5) is 0 Å². The zero-order valence-corrected chi connectivity index (χ0v) is 14.7. The van der Waals surface area contributed by atoms with Crippen LogP contribution >= 0.6 is 22.9 Å². The Labute approximate surface area is 131 Å². The van der Waals surface area contributed by atoms with Crippen molar-refractivity contribution in [2.75, 3.05) is 26.2 Å². The minimum Gasteiger partial charge on any atom is -0.299 e. The maximum Gasteiger partial charge on any atom is 0.0201 e. The summed E-state index contributed by atoms with van der Waals surface area (Å²) in [5, 5.41) is 0. The molecule has 6 rings (SSSR count). The molecule has 4 bridgehead atoms. The quantitative estimate of drug-likeness (QED) is 0.540. The largest absolute Gasteiger partial charge is 0.299 e. The zero-order chi connectivity index (χ0) is 13.4. The lowest BCUT2D eigenvalue weighted by molar-refractivity contribution is -0.155. The molecule has 2 nitrogen and oxygen atoms in total. The third kappa shape index (κ3) is 1.80. The van der Waals surface area contributed by atoms with E-state index in [2.05, 4.69) is 51.6 Å². The summed E-state index contributed by atoms with van der Waals surface area (Å²) < 4.78 is 2.56. The third-order valence-corrected chi connectivity index (χ3v) is 8.09. The molecule has 0 spiro atoms. The summed E-state index contributed by atoms with van der Waals surface area (Å²) >= 11 is 2.55. The summed E-state index contributed by atoms with van der Waals surface area (Å²) in [6.07, 6.45) is 4.51. The van der Waals surface area contributed by atoms with E-state index in [4.69, 9.17) is 0 Å². The van der Waals surface area contributed by atoms with Gasteiger partial charge in [-0.3, -0.25) is 4.90 Å². The lowest BCUT2D eigenvalue weighted by atomic mass is 9.51. The predicted octanol–water partition coefficient (Wildman–Crippen LogP) is 3.41. The van der Waals surface area contributed by atoms with E-state index in [9.17, 15) is 0 Å². The molecule has 3 heteroatoms. The first-order valence-corrected chi connectivity index (χ1v) is 9.02. The van der Waals surface area contributed by atoms with Crippen molar-refractivity contribution in [1.29, 1.82) is 0 Å². The molecule has 19 heavy (non-hydrogen) atoms. The average Bonchev–Trinajstić information content (AvgIpc) is 2.36. The summed E-state index contributed by atoms with van der Waals surface area (Å²) in [5.41, 5.74) is 1.27. The molecule has 3 unspecified atom stereocenters. The maximum absolute atomic E-state index is 2.86. The van der Waals surface area contributed by atoms with Crippen LogP contribution in [0.1, 0.15) is 40.0 Å². The zero-order valence-electron chi connectivity index (χ0n) is 12.5. The molecule has 108 valence electrons. The van der Waals surface area contributed by atoms with Gasteiger partial charge in [-0.05, 0) is 54.8 Å². The van der Waals surface area contributed by atoms with E-state index in [1.165, 1.54) is 45.4 Å². The van der Waals surface area contributed by atoms with E-state index in [1.54, 1.807) is 0 Å². The summed E-state index contributed by atoms with van der Waals surface area (Å²) in [6.45, 7) is 12.9. The second-order valence-corrected chi connectivity index (χ2v) is 9.89. The molecule has 4 heterocycles. The highest BCUT2D eigenvalue weighted by atomic mass is 127. The Morgan fingerprint density at radius 2 is 1.74 bits per heavy atom. The van der Waals surface area contributed by atoms with E-state index in [0.29, 0.717) is 10.8 Å². The third-order valence-electron chi connectivity index (χ3n) is 7.35. The van der Waals surface area contributed by atoms with Crippen molar-refractivity contribution in [3.63, 3.8) is 0 Å². The SMILES string of the molecule is CC(N1CC2CC(C1)C2(C)C)C12CC(CN(I)C1)C2.